The van der Waals surface area contributed by atoms with Gasteiger partial charge in [-0.05, 0) is 29.8 Å². The number of hydrogen-bond donors (Lipinski definition) is 1. The average molecular weight is 325 g/mol. The SMILES string of the molecule is O=[N+]([O-])c1ccc(-c2csc(N/N=C/c3ccncc3)n2)cc1. The summed E-state index contributed by atoms with van der Waals surface area (Å²) < 4.78 is 0. The molecule has 2 heterocycles. The van der Waals surface area contributed by atoms with E-state index in [4.69, 9.17) is 0 Å². The standard InChI is InChI=1S/C15H11N5O2S/c21-20(22)13-3-1-12(2-4-13)14-10-23-15(18-14)19-17-9-11-5-7-16-8-6-11/h1-10H,(H,18,19)/b17-9+. The van der Waals surface area contributed by atoms with E-state index in [0.717, 1.165) is 16.8 Å². The summed E-state index contributed by atoms with van der Waals surface area (Å²) >= 11 is 1.41. The van der Waals surface area contributed by atoms with Crippen LogP contribution in [0.5, 0.6) is 0 Å². The summed E-state index contributed by atoms with van der Waals surface area (Å²) in [5.74, 6) is 0. The number of nitrogens with one attached hydrogen (secondary N) is 1. The van der Waals surface area contributed by atoms with Crippen molar-refractivity contribution in [3.63, 3.8) is 0 Å². The fraction of sp³-hybridized carbons (Fsp3) is 0. The fourth-order valence-electron chi connectivity index (χ4n) is 1.82. The molecule has 1 aromatic carbocycles. The molecule has 0 amide bonds. The molecule has 7 nitrogen and oxygen atoms in total. The number of benzene rings is 1. The number of rotatable bonds is 5. The van der Waals surface area contributed by atoms with Gasteiger partial charge in [0.1, 0.15) is 0 Å². The first-order chi connectivity index (χ1) is 11.2. The minimum absolute atomic E-state index is 0.0595. The molecule has 0 bridgehead atoms. The van der Waals surface area contributed by atoms with Gasteiger partial charge in [-0.2, -0.15) is 5.10 Å². The van der Waals surface area contributed by atoms with Crippen molar-refractivity contribution >= 4 is 28.4 Å². The lowest BCUT2D eigenvalue weighted by atomic mass is 10.1. The highest BCUT2D eigenvalue weighted by Gasteiger charge is 2.07. The van der Waals surface area contributed by atoms with E-state index in [1.54, 1.807) is 30.7 Å². The zero-order chi connectivity index (χ0) is 16.1. The normalized spacial score (nSPS) is 10.8. The number of nitrogens with zero attached hydrogens (tertiary/aromatic N) is 4. The molecule has 1 N–H and O–H groups in total. The van der Waals surface area contributed by atoms with E-state index < -0.39 is 4.92 Å². The number of hydrazone groups is 1. The molecule has 2 aromatic heterocycles. The first kappa shape index (κ1) is 14.8. The van der Waals surface area contributed by atoms with Crippen molar-refractivity contribution < 1.29 is 4.92 Å². The van der Waals surface area contributed by atoms with Crippen LogP contribution in [0, 0.1) is 10.1 Å². The number of aromatic nitrogens is 2. The second-order valence-electron chi connectivity index (χ2n) is 4.49. The van der Waals surface area contributed by atoms with Gasteiger partial charge in [0.25, 0.3) is 5.69 Å². The number of non-ortho nitro benzene ring substituents is 1. The molecule has 23 heavy (non-hydrogen) atoms. The third kappa shape index (κ3) is 3.74. The van der Waals surface area contributed by atoms with E-state index >= 15 is 0 Å². The van der Waals surface area contributed by atoms with Crippen molar-refractivity contribution in [1.29, 1.82) is 0 Å². The number of nitro benzene ring substituents is 1. The number of thiazole rings is 1. The van der Waals surface area contributed by atoms with Crippen LogP contribution in [0.2, 0.25) is 0 Å². The molecule has 0 fully saturated rings. The van der Waals surface area contributed by atoms with Gasteiger partial charge in [0.05, 0.1) is 16.8 Å². The lowest BCUT2D eigenvalue weighted by molar-refractivity contribution is -0.384. The number of nitro groups is 1. The van der Waals surface area contributed by atoms with E-state index in [1.807, 2.05) is 17.5 Å². The molecule has 0 spiro atoms. The summed E-state index contributed by atoms with van der Waals surface area (Å²) in [6, 6.07) is 9.96. The maximum atomic E-state index is 10.7. The molecule has 0 atom stereocenters. The monoisotopic (exact) mass is 325 g/mol. The lowest BCUT2D eigenvalue weighted by Crippen LogP contribution is -1.90. The van der Waals surface area contributed by atoms with E-state index in [-0.39, 0.29) is 5.69 Å². The Bertz CT molecular complexity index is 831. The Hall–Kier alpha value is -3.13. The topological polar surface area (TPSA) is 93.3 Å². The Kier molecular flexibility index (Phi) is 4.34. The highest BCUT2D eigenvalue weighted by Crippen LogP contribution is 2.26. The molecule has 0 saturated heterocycles. The van der Waals surface area contributed by atoms with Crippen LogP contribution in [0.25, 0.3) is 11.3 Å². The van der Waals surface area contributed by atoms with Crippen LogP contribution in [-0.2, 0) is 0 Å². The second kappa shape index (κ2) is 6.75. The molecule has 0 radical (unpaired) electrons. The van der Waals surface area contributed by atoms with Crippen LogP contribution >= 0.6 is 11.3 Å². The number of hydrogen-bond acceptors (Lipinski definition) is 7. The molecule has 3 rings (SSSR count). The molecule has 0 aliphatic rings. The quantitative estimate of drug-likeness (QED) is 0.440. The molecular formula is C15H11N5O2S. The smallest absolute Gasteiger partial charge is 0.265 e. The molecule has 0 unspecified atom stereocenters. The first-order valence-corrected chi connectivity index (χ1v) is 7.50. The number of pyridine rings is 1. The maximum Gasteiger partial charge on any atom is 0.269 e. The van der Waals surface area contributed by atoms with Crippen molar-refractivity contribution in [2.75, 3.05) is 5.43 Å². The van der Waals surface area contributed by atoms with Gasteiger partial charge >= 0.3 is 0 Å². The van der Waals surface area contributed by atoms with E-state index in [1.165, 1.54) is 23.5 Å². The lowest BCUT2D eigenvalue weighted by Gasteiger charge is -1.96. The second-order valence-corrected chi connectivity index (χ2v) is 5.35. The predicted octanol–water partition coefficient (Wildman–Crippen LogP) is 3.56. The van der Waals surface area contributed by atoms with Gasteiger partial charge in [-0.1, -0.05) is 0 Å². The molecule has 3 aromatic rings. The predicted molar refractivity (Wildman–Crippen MR) is 89.7 cm³/mol. The van der Waals surface area contributed by atoms with Crippen molar-refractivity contribution in [2.45, 2.75) is 0 Å². The fourth-order valence-corrected chi connectivity index (χ4v) is 2.49. The highest BCUT2D eigenvalue weighted by atomic mass is 32.1. The van der Waals surface area contributed by atoms with Gasteiger partial charge in [-0.25, -0.2) is 4.98 Å². The van der Waals surface area contributed by atoms with Gasteiger partial charge in [0.15, 0.2) is 0 Å². The summed E-state index contributed by atoms with van der Waals surface area (Å²) in [5.41, 5.74) is 5.41. The van der Waals surface area contributed by atoms with Gasteiger partial charge in [0.2, 0.25) is 5.13 Å². The Morgan fingerprint density at radius 3 is 2.61 bits per heavy atom. The van der Waals surface area contributed by atoms with E-state index in [9.17, 15) is 10.1 Å². The summed E-state index contributed by atoms with van der Waals surface area (Å²) in [5, 5.41) is 17.3. The van der Waals surface area contributed by atoms with E-state index in [0.29, 0.717) is 5.13 Å². The van der Waals surface area contributed by atoms with Gasteiger partial charge < -0.3 is 0 Å². The largest absolute Gasteiger partial charge is 0.269 e. The summed E-state index contributed by atoms with van der Waals surface area (Å²) in [6.07, 6.45) is 5.06. The maximum absolute atomic E-state index is 10.7. The third-order valence-electron chi connectivity index (χ3n) is 2.96. The van der Waals surface area contributed by atoms with Crippen LogP contribution < -0.4 is 5.43 Å². The number of anilines is 1. The van der Waals surface area contributed by atoms with Crippen molar-refractivity contribution in [3.8, 4) is 11.3 Å². The van der Waals surface area contributed by atoms with Gasteiger partial charge in [0, 0.05) is 35.5 Å². The van der Waals surface area contributed by atoms with E-state index in [2.05, 4.69) is 20.5 Å². The van der Waals surface area contributed by atoms with Crippen LogP contribution in [0.15, 0.2) is 59.3 Å². The minimum atomic E-state index is -0.425. The summed E-state index contributed by atoms with van der Waals surface area (Å²) in [4.78, 5) is 18.6. The summed E-state index contributed by atoms with van der Waals surface area (Å²) in [6.45, 7) is 0. The Balaban J connectivity index is 1.68. The summed E-state index contributed by atoms with van der Waals surface area (Å²) in [7, 11) is 0. The average Bonchev–Trinajstić information content (AvgIpc) is 3.05. The Labute approximate surface area is 135 Å². The third-order valence-corrected chi connectivity index (χ3v) is 3.70. The van der Waals surface area contributed by atoms with Crippen molar-refractivity contribution in [2.24, 2.45) is 5.10 Å². The highest BCUT2D eigenvalue weighted by molar-refractivity contribution is 7.14. The van der Waals surface area contributed by atoms with Crippen LogP contribution in [0.4, 0.5) is 10.8 Å². The van der Waals surface area contributed by atoms with Crippen LogP contribution in [0.3, 0.4) is 0 Å². The zero-order valence-electron chi connectivity index (χ0n) is 11.8. The molecule has 8 heteroatoms. The molecular weight excluding hydrogens is 314 g/mol. The van der Waals surface area contributed by atoms with Crippen LogP contribution in [-0.4, -0.2) is 21.1 Å². The van der Waals surface area contributed by atoms with Crippen LogP contribution in [0.1, 0.15) is 5.56 Å². The van der Waals surface area contributed by atoms with Crippen molar-refractivity contribution in [1.82, 2.24) is 9.97 Å². The Morgan fingerprint density at radius 2 is 1.91 bits per heavy atom. The minimum Gasteiger partial charge on any atom is -0.265 e. The molecule has 0 saturated carbocycles. The zero-order valence-corrected chi connectivity index (χ0v) is 12.6. The van der Waals surface area contributed by atoms with Crippen molar-refractivity contribution in [3.05, 3.63) is 69.8 Å². The molecule has 0 aliphatic carbocycles. The first-order valence-electron chi connectivity index (χ1n) is 6.62. The van der Waals surface area contributed by atoms with Gasteiger partial charge in [-0.15, -0.1) is 11.3 Å². The Morgan fingerprint density at radius 1 is 1.17 bits per heavy atom. The van der Waals surface area contributed by atoms with Gasteiger partial charge in [-0.3, -0.25) is 20.5 Å². The molecule has 0 aliphatic heterocycles. The molecule has 114 valence electrons.